The molecule has 0 bridgehead atoms. The normalized spacial score (nSPS) is 14.9. The number of likely N-dealkylation sites (tertiary alicyclic amines) is 1. The Bertz CT molecular complexity index is 784. The molecule has 0 spiro atoms. The molecule has 2 N–H and O–H groups in total. The van der Waals surface area contributed by atoms with Crippen LogP contribution in [0.15, 0.2) is 48.5 Å². The molecule has 26 heavy (non-hydrogen) atoms. The number of hydrogen-bond acceptors (Lipinski definition) is 3. The topological polar surface area (TPSA) is 69.6 Å². The van der Waals surface area contributed by atoms with Crippen molar-refractivity contribution >= 4 is 34.4 Å². The number of benzene rings is 2. The first-order chi connectivity index (χ1) is 12.5. The van der Waals surface area contributed by atoms with Crippen LogP contribution in [0.4, 0.5) is 0 Å². The quantitative estimate of drug-likeness (QED) is 0.684. The largest absolute Gasteiger partial charge is 0.508 e. The van der Waals surface area contributed by atoms with Gasteiger partial charge in [-0.3, -0.25) is 9.59 Å². The molecular formula is C20H21IN2O3. The smallest absolute Gasteiger partial charge is 0.252 e. The van der Waals surface area contributed by atoms with E-state index in [1.54, 1.807) is 18.2 Å². The van der Waals surface area contributed by atoms with Crippen molar-refractivity contribution in [1.29, 1.82) is 0 Å². The third-order valence-corrected chi connectivity index (χ3v) is 5.67. The minimum absolute atomic E-state index is 0.0215. The van der Waals surface area contributed by atoms with Gasteiger partial charge in [0.2, 0.25) is 5.91 Å². The van der Waals surface area contributed by atoms with E-state index in [0.29, 0.717) is 24.6 Å². The lowest BCUT2D eigenvalue weighted by Crippen LogP contribution is -2.43. The minimum Gasteiger partial charge on any atom is -0.508 e. The molecule has 136 valence electrons. The van der Waals surface area contributed by atoms with Crippen LogP contribution in [0.5, 0.6) is 5.75 Å². The maximum absolute atomic E-state index is 12.4. The lowest BCUT2D eigenvalue weighted by atomic mass is 9.89. The second-order valence-electron chi connectivity index (χ2n) is 6.41. The van der Waals surface area contributed by atoms with Crippen LogP contribution >= 0.6 is 22.6 Å². The highest BCUT2D eigenvalue weighted by molar-refractivity contribution is 14.1. The van der Waals surface area contributed by atoms with E-state index in [1.165, 1.54) is 5.56 Å². The van der Waals surface area contributed by atoms with Crippen LogP contribution in [-0.4, -0.2) is 41.5 Å². The highest BCUT2D eigenvalue weighted by Crippen LogP contribution is 2.29. The van der Waals surface area contributed by atoms with Crippen molar-refractivity contribution in [3.05, 3.63) is 63.2 Å². The van der Waals surface area contributed by atoms with E-state index < -0.39 is 0 Å². The number of nitrogens with zero attached hydrogens (tertiary/aromatic N) is 1. The zero-order valence-electron chi connectivity index (χ0n) is 14.3. The van der Waals surface area contributed by atoms with E-state index >= 15 is 0 Å². The third-order valence-electron chi connectivity index (χ3n) is 4.73. The van der Waals surface area contributed by atoms with Crippen molar-refractivity contribution in [3.63, 3.8) is 0 Å². The Morgan fingerprint density at radius 2 is 1.73 bits per heavy atom. The van der Waals surface area contributed by atoms with Gasteiger partial charge in [0.15, 0.2) is 0 Å². The van der Waals surface area contributed by atoms with Crippen molar-refractivity contribution in [2.45, 2.75) is 18.8 Å². The highest BCUT2D eigenvalue weighted by Gasteiger charge is 2.24. The van der Waals surface area contributed by atoms with E-state index in [9.17, 15) is 14.7 Å². The summed E-state index contributed by atoms with van der Waals surface area (Å²) in [5, 5.41) is 12.1. The number of phenols is 1. The molecule has 1 aliphatic heterocycles. The van der Waals surface area contributed by atoms with Crippen LogP contribution in [0.3, 0.4) is 0 Å². The van der Waals surface area contributed by atoms with E-state index in [4.69, 9.17) is 0 Å². The number of nitrogens with one attached hydrogen (secondary N) is 1. The van der Waals surface area contributed by atoms with Gasteiger partial charge in [-0.2, -0.15) is 0 Å². The Balaban J connectivity index is 1.48. The van der Waals surface area contributed by atoms with Crippen LogP contribution in [0, 0.1) is 3.57 Å². The number of piperidine rings is 1. The monoisotopic (exact) mass is 464 g/mol. The molecule has 1 aliphatic rings. The number of rotatable bonds is 4. The minimum atomic E-state index is -0.220. The van der Waals surface area contributed by atoms with Crippen LogP contribution < -0.4 is 5.32 Å². The Labute approximate surface area is 166 Å². The van der Waals surface area contributed by atoms with E-state index in [1.807, 2.05) is 35.2 Å². The molecule has 2 aromatic carbocycles. The van der Waals surface area contributed by atoms with Crippen LogP contribution in [0.25, 0.3) is 0 Å². The molecule has 0 saturated carbocycles. The predicted molar refractivity (Wildman–Crippen MR) is 108 cm³/mol. The lowest BCUT2D eigenvalue weighted by Gasteiger charge is -2.32. The number of phenolic OH excluding ortho intramolecular Hbond substituents is 1. The lowest BCUT2D eigenvalue weighted by molar-refractivity contribution is -0.131. The van der Waals surface area contributed by atoms with E-state index in [2.05, 4.69) is 27.9 Å². The Morgan fingerprint density at radius 3 is 2.38 bits per heavy atom. The molecule has 1 heterocycles. The molecule has 1 saturated heterocycles. The second kappa shape index (κ2) is 8.53. The number of amides is 2. The molecule has 2 amide bonds. The Morgan fingerprint density at radius 1 is 1.08 bits per heavy atom. The van der Waals surface area contributed by atoms with Crippen LogP contribution in [0.1, 0.15) is 34.7 Å². The highest BCUT2D eigenvalue weighted by atomic mass is 127. The number of aromatic hydroxyl groups is 1. The first-order valence-electron chi connectivity index (χ1n) is 8.64. The molecule has 3 rings (SSSR count). The van der Waals surface area contributed by atoms with E-state index in [0.717, 1.165) is 16.4 Å². The molecule has 2 aromatic rings. The van der Waals surface area contributed by atoms with Gasteiger partial charge >= 0.3 is 0 Å². The van der Waals surface area contributed by atoms with Crippen molar-refractivity contribution in [2.75, 3.05) is 19.6 Å². The summed E-state index contributed by atoms with van der Waals surface area (Å²) in [5.41, 5.74) is 1.79. The summed E-state index contributed by atoms with van der Waals surface area (Å²) in [7, 11) is 0. The van der Waals surface area contributed by atoms with E-state index in [-0.39, 0.29) is 24.1 Å². The van der Waals surface area contributed by atoms with Crippen LogP contribution in [0.2, 0.25) is 0 Å². The van der Waals surface area contributed by atoms with Gasteiger partial charge in [-0.25, -0.2) is 0 Å². The second-order valence-corrected chi connectivity index (χ2v) is 7.57. The fourth-order valence-corrected chi connectivity index (χ4v) is 3.85. The summed E-state index contributed by atoms with van der Waals surface area (Å²) >= 11 is 2.11. The molecule has 0 unspecified atom stereocenters. The van der Waals surface area contributed by atoms with Gasteiger partial charge in [0.25, 0.3) is 5.91 Å². The van der Waals surface area contributed by atoms with Crippen molar-refractivity contribution in [3.8, 4) is 5.75 Å². The summed E-state index contributed by atoms with van der Waals surface area (Å²) in [6.07, 6.45) is 1.78. The molecule has 0 aromatic heterocycles. The van der Waals surface area contributed by atoms with Crippen LogP contribution in [-0.2, 0) is 4.79 Å². The Kier molecular flexibility index (Phi) is 6.13. The first kappa shape index (κ1) is 18.7. The SMILES string of the molecule is O=C(NCC(=O)N1CCC(c2ccc(O)cc2)CC1)c1ccccc1I. The zero-order valence-corrected chi connectivity index (χ0v) is 16.5. The molecule has 0 radical (unpaired) electrons. The van der Waals surface area contributed by atoms with Gasteiger partial charge in [0.05, 0.1) is 12.1 Å². The van der Waals surface area contributed by atoms with Gasteiger partial charge in [0, 0.05) is 16.7 Å². The van der Waals surface area contributed by atoms with Crippen molar-refractivity contribution < 1.29 is 14.7 Å². The molecule has 0 atom stereocenters. The van der Waals surface area contributed by atoms with Gasteiger partial charge in [0.1, 0.15) is 5.75 Å². The molecular weight excluding hydrogens is 443 g/mol. The van der Waals surface area contributed by atoms with Gasteiger partial charge in [-0.05, 0) is 71.2 Å². The molecule has 0 aliphatic carbocycles. The molecule has 6 heteroatoms. The average Bonchev–Trinajstić information content (AvgIpc) is 2.67. The molecule has 1 fully saturated rings. The average molecular weight is 464 g/mol. The van der Waals surface area contributed by atoms with Gasteiger partial charge in [-0.1, -0.05) is 24.3 Å². The summed E-state index contributed by atoms with van der Waals surface area (Å²) in [5.74, 6) is 0.404. The summed E-state index contributed by atoms with van der Waals surface area (Å²) in [6.45, 7) is 1.39. The fourth-order valence-electron chi connectivity index (χ4n) is 3.22. The summed E-state index contributed by atoms with van der Waals surface area (Å²) in [6, 6.07) is 14.6. The van der Waals surface area contributed by atoms with Crippen molar-refractivity contribution in [2.24, 2.45) is 0 Å². The summed E-state index contributed by atoms with van der Waals surface area (Å²) in [4.78, 5) is 26.4. The first-order valence-corrected chi connectivity index (χ1v) is 9.72. The summed E-state index contributed by atoms with van der Waals surface area (Å²) < 4.78 is 0.866. The number of carbonyl (C=O) groups excluding carboxylic acids is 2. The molecule has 5 nitrogen and oxygen atoms in total. The zero-order chi connectivity index (χ0) is 18.5. The number of halogens is 1. The fraction of sp³-hybridized carbons (Fsp3) is 0.300. The van der Waals surface area contributed by atoms with Gasteiger partial charge < -0.3 is 15.3 Å². The Hall–Kier alpha value is -2.09. The number of hydrogen-bond donors (Lipinski definition) is 2. The number of carbonyl (C=O) groups is 2. The van der Waals surface area contributed by atoms with Gasteiger partial charge in [-0.15, -0.1) is 0 Å². The maximum Gasteiger partial charge on any atom is 0.252 e. The third kappa shape index (κ3) is 4.55. The standard InChI is InChI=1S/C20H21IN2O3/c21-18-4-2-1-3-17(18)20(26)22-13-19(25)23-11-9-15(10-12-23)14-5-7-16(24)8-6-14/h1-8,15,24H,9-13H2,(H,22,26). The maximum atomic E-state index is 12.4. The predicted octanol–water partition coefficient (Wildman–Crippen LogP) is 3.13. The van der Waals surface area contributed by atoms with Crippen molar-refractivity contribution in [1.82, 2.24) is 10.2 Å².